The van der Waals surface area contributed by atoms with E-state index in [0.29, 0.717) is 19.8 Å². The number of likely N-dealkylation sites (N-methyl/N-ethyl adjacent to an activating group) is 1. The van der Waals surface area contributed by atoms with Crippen molar-refractivity contribution in [2.24, 2.45) is 0 Å². The van der Waals surface area contributed by atoms with Gasteiger partial charge in [-0.25, -0.2) is 0 Å². The highest BCUT2D eigenvalue weighted by atomic mass is 16.5. The van der Waals surface area contributed by atoms with Crippen LogP contribution in [0.3, 0.4) is 0 Å². The molecule has 0 fully saturated rings. The zero-order chi connectivity index (χ0) is 14.7. The minimum Gasteiger partial charge on any atom is -0.379 e. The third-order valence-corrected chi connectivity index (χ3v) is 3.22. The Balaban J connectivity index is 2.43. The molecule has 1 N–H and O–H groups in total. The molecule has 110 valence electrons. The first-order valence-electron chi connectivity index (χ1n) is 7.10. The number of nitriles is 1. The van der Waals surface area contributed by atoms with Gasteiger partial charge >= 0.3 is 0 Å². The van der Waals surface area contributed by atoms with Gasteiger partial charge in [0.05, 0.1) is 25.9 Å². The molecule has 1 unspecified atom stereocenters. The van der Waals surface area contributed by atoms with E-state index in [-0.39, 0.29) is 0 Å². The third-order valence-electron chi connectivity index (χ3n) is 3.22. The smallest absolute Gasteiger partial charge is 0.155 e. The first-order valence-corrected chi connectivity index (χ1v) is 7.10. The van der Waals surface area contributed by atoms with E-state index in [1.807, 2.05) is 30.3 Å². The molecular formula is C16H24N2O2. The van der Waals surface area contributed by atoms with E-state index in [1.165, 1.54) is 0 Å². The van der Waals surface area contributed by atoms with E-state index >= 15 is 0 Å². The monoisotopic (exact) mass is 276 g/mol. The van der Waals surface area contributed by atoms with Crippen molar-refractivity contribution in [2.75, 3.05) is 33.5 Å². The van der Waals surface area contributed by atoms with Crippen molar-refractivity contribution < 1.29 is 9.47 Å². The fourth-order valence-electron chi connectivity index (χ4n) is 1.87. The fourth-order valence-corrected chi connectivity index (χ4v) is 1.87. The number of nitrogens with zero attached hydrogens (tertiary/aromatic N) is 1. The molecule has 0 amide bonds. The molecule has 0 aliphatic carbocycles. The average Bonchev–Trinajstić information content (AvgIpc) is 2.52. The lowest BCUT2D eigenvalue weighted by molar-refractivity contribution is 0.0292. The van der Waals surface area contributed by atoms with Crippen molar-refractivity contribution >= 4 is 0 Å². The van der Waals surface area contributed by atoms with E-state index in [1.54, 1.807) is 7.05 Å². The second-order valence-corrected chi connectivity index (χ2v) is 4.65. The van der Waals surface area contributed by atoms with Crippen molar-refractivity contribution in [3.05, 3.63) is 35.9 Å². The van der Waals surface area contributed by atoms with Gasteiger partial charge in [-0.2, -0.15) is 5.26 Å². The molecule has 0 heterocycles. The molecule has 1 aromatic rings. The standard InChI is InChI=1S/C16H24N2O2/c1-3-4-10-19-11-12-20-14-16(13-17,18-2)15-8-6-5-7-9-15/h5-9,18H,3-4,10-12,14H2,1-2H3. The molecule has 1 rings (SSSR count). The summed E-state index contributed by atoms with van der Waals surface area (Å²) in [4.78, 5) is 0. The molecule has 0 spiro atoms. The molecule has 0 saturated carbocycles. The largest absolute Gasteiger partial charge is 0.379 e. The Bertz CT molecular complexity index is 403. The maximum Gasteiger partial charge on any atom is 0.155 e. The van der Waals surface area contributed by atoms with Gasteiger partial charge in [-0.1, -0.05) is 43.7 Å². The Hall–Kier alpha value is -1.41. The van der Waals surface area contributed by atoms with Gasteiger partial charge in [0.25, 0.3) is 0 Å². The van der Waals surface area contributed by atoms with Crippen LogP contribution in [0, 0.1) is 11.3 Å². The highest BCUT2D eigenvalue weighted by Crippen LogP contribution is 2.20. The summed E-state index contributed by atoms with van der Waals surface area (Å²) in [7, 11) is 1.78. The van der Waals surface area contributed by atoms with Crippen LogP contribution in [-0.2, 0) is 15.0 Å². The Morgan fingerprint density at radius 1 is 1.15 bits per heavy atom. The van der Waals surface area contributed by atoms with Gasteiger partial charge in [-0.3, -0.25) is 5.32 Å². The van der Waals surface area contributed by atoms with E-state index in [0.717, 1.165) is 25.0 Å². The number of hydrogen-bond acceptors (Lipinski definition) is 4. The zero-order valence-electron chi connectivity index (χ0n) is 12.4. The van der Waals surface area contributed by atoms with Crippen molar-refractivity contribution in [3.8, 4) is 6.07 Å². The average molecular weight is 276 g/mol. The van der Waals surface area contributed by atoms with E-state index in [4.69, 9.17) is 9.47 Å². The number of hydrogen-bond donors (Lipinski definition) is 1. The molecular weight excluding hydrogens is 252 g/mol. The number of nitrogens with one attached hydrogen (secondary N) is 1. The SMILES string of the molecule is CCCCOCCOCC(C#N)(NC)c1ccccc1. The normalized spacial score (nSPS) is 13.7. The van der Waals surface area contributed by atoms with Gasteiger partial charge in [0, 0.05) is 6.61 Å². The predicted octanol–water partition coefficient (Wildman–Crippen LogP) is 2.46. The van der Waals surface area contributed by atoms with Crippen molar-refractivity contribution in [2.45, 2.75) is 25.3 Å². The molecule has 0 aliphatic rings. The van der Waals surface area contributed by atoms with E-state index in [2.05, 4.69) is 18.3 Å². The van der Waals surface area contributed by atoms with Gasteiger partial charge in [0.15, 0.2) is 5.54 Å². The summed E-state index contributed by atoms with van der Waals surface area (Å²) < 4.78 is 11.0. The summed E-state index contributed by atoms with van der Waals surface area (Å²) >= 11 is 0. The summed E-state index contributed by atoms with van der Waals surface area (Å²) in [6, 6.07) is 12.0. The van der Waals surface area contributed by atoms with Crippen LogP contribution in [0.1, 0.15) is 25.3 Å². The molecule has 0 aliphatic heterocycles. The fraction of sp³-hybridized carbons (Fsp3) is 0.562. The third kappa shape index (κ3) is 4.93. The molecule has 4 nitrogen and oxygen atoms in total. The minimum absolute atomic E-state index is 0.307. The lowest BCUT2D eigenvalue weighted by atomic mass is 9.92. The predicted molar refractivity (Wildman–Crippen MR) is 79.3 cm³/mol. The van der Waals surface area contributed by atoms with Gasteiger partial charge in [-0.15, -0.1) is 0 Å². The van der Waals surface area contributed by atoms with Crippen molar-refractivity contribution in [1.29, 1.82) is 5.26 Å². The summed E-state index contributed by atoms with van der Waals surface area (Å²) in [5.74, 6) is 0. The first-order chi connectivity index (χ1) is 9.79. The summed E-state index contributed by atoms with van der Waals surface area (Å²) in [6.07, 6.45) is 2.20. The quantitative estimate of drug-likeness (QED) is 0.667. The second-order valence-electron chi connectivity index (χ2n) is 4.65. The maximum atomic E-state index is 9.48. The highest BCUT2D eigenvalue weighted by Gasteiger charge is 2.30. The lowest BCUT2D eigenvalue weighted by Crippen LogP contribution is -2.43. The maximum absolute atomic E-state index is 9.48. The van der Waals surface area contributed by atoms with E-state index in [9.17, 15) is 5.26 Å². The van der Waals surface area contributed by atoms with Gasteiger partial charge < -0.3 is 9.47 Å². The van der Waals surface area contributed by atoms with Gasteiger partial charge in [0.2, 0.25) is 0 Å². The molecule has 1 aromatic carbocycles. The summed E-state index contributed by atoms with van der Waals surface area (Å²) in [5, 5.41) is 12.5. The van der Waals surface area contributed by atoms with Crippen LogP contribution in [-0.4, -0.2) is 33.5 Å². The number of unbranched alkanes of at least 4 members (excludes halogenated alkanes) is 1. The number of rotatable bonds is 10. The Morgan fingerprint density at radius 2 is 1.85 bits per heavy atom. The van der Waals surface area contributed by atoms with Gasteiger partial charge in [0.1, 0.15) is 0 Å². The van der Waals surface area contributed by atoms with Crippen LogP contribution >= 0.6 is 0 Å². The van der Waals surface area contributed by atoms with Crippen LogP contribution in [0.25, 0.3) is 0 Å². The highest BCUT2D eigenvalue weighted by molar-refractivity contribution is 5.31. The first kappa shape index (κ1) is 16.6. The molecule has 0 radical (unpaired) electrons. The molecule has 0 aromatic heterocycles. The number of benzene rings is 1. The van der Waals surface area contributed by atoms with E-state index < -0.39 is 5.54 Å². The van der Waals surface area contributed by atoms with Crippen LogP contribution in [0.2, 0.25) is 0 Å². The van der Waals surface area contributed by atoms with Crippen LogP contribution in [0.15, 0.2) is 30.3 Å². The Kier molecular flexibility index (Phi) is 7.89. The van der Waals surface area contributed by atoms with Crippen molar-refractivity contribution in [3.63, 3.8) is 0 Å². The molecule has 1 atom stereocenters. The molecule has 0 saturated heterocycles. The Labute approximate surface area is 121 Å². The molecule has 20 heavy (non-hydrogen) atoms. The second kappa shape index (κ2) is 9.49. The van der Waals surface area contributed by atoms with Gasteiger partial charge in [-0.05, 0) is 19.0 Å². The zero-order valence-corrected chi connectivity index (χ0v) is 12.4. The van der Waals surface area contributed by atoms with Crippen LogP contribution in [0.5, 0.6) is 0 Å². The van der Waals surface area contributed by atoms with Crippen LogP contribution < -0.4 is 5.32 Å². The van der Waals surface area contributed by atoms with Crippen molar-refractivity contribution in [1.82, 2.24) is 5.32 Å². The molecule has 4 heteroatoms. The summed E-state index contributed by atoms with van der Waals surface area (Å²) in [6.45, 7) is 4.28. The number of ether oxygens (including phenoxy) is 2. The minimum atomic E-state index is -0.801. The lowest BCUT2D eigenvalue weighted by Gasteiger charge is -2.26. The van der Waals surface area contributed by atoms with Crippen LogP contribution in [0.4, 0.5) is 0 Å². The summed E-state index contributed by atoms with van der Waals surface area (Å²) in [5.41, 5.74) is 0.113. The molecule has 0 bridgehead atoms. The Morgan fingerprint density at radius 3 is 2.45 bits per heavy atom. The topological polar surface area (TPSA) is 54.3 Å².